The second kappa shape index (κ2) is 5.04. The molecule has 5 nitrogen and oxygen atoms in total. The Morgan fingerprint density at radius 2 is 2.06 bits per heavy atom. The molecule has 0 spiro atoms. The summed E-state index contributed by atoms with van der Waals surface area (Å²) in [5, 5.41) is 2.00. The third-order valence-corrected chi connectivity index (χ3v) is 4.57. The van der Waals surface area contributed by atoms with Crippen molar-refractivity contribution in [3.8, 4) is 0 Å². The number of alkyl halides is 3. The maximum atomic E-state index is 12.2. The third-order valence-electron chi connectivity index (χ3n) is 2.73. The minimum Gasteiger partial charge on any atom is -0.468 e. The molecule has 1 heterocycles. The molecule has 1 fully saturated rings. The molecule has 1 atom stereocenters. The van der Waals surface area contributed by atoms with Gasteiger partial charge in [-0.1, -0.05) is 0 Å². The Morgan fingerprint density at radius 3 is 2.50 bits per heavy atom. The topological polar surface area (TPSA) is 72.5 Å². The maximum Gasteiger partial charge on any atom is 0.401 e. The van der Waals surface area contributed by atoms with Gasteiger partial charge in [-0.15, -0.1) is 0 Å². The number of hydrogen-bond acceptors (Lipinski definition) is 5. The molecule has 1 rings (SSSR count). The molecule has 1 aliphatic rings. The Labute approximate surface area is 103 Å². The van der Waals surface area contributed by atoms with Gasteiger partial charge in [0.15, 0.2) is 9.84 Å². The fourth-order valence-electron chi connectivity index (χ4n) is 1.95. The summed E-state index contributed by atoms with van der Waals surface area (Å²) in [6.07, 6.45) is -4.39. The summed E-state index contributed by atoms with van der Waals surface area (Å²) in [6, 6.07) is 0. The predicted molar refractivity (Wildman–Crippen MR) is 56.7 cm³/mol. The number of halogens is 3. The van der Waals surface area contributed by atoms with Crippen LogP contribution >= 0.6 is 0 Å². The van der Waals surface area contributed by atoms with Crippen molar-refractivity contribution in [2.75, 3.05) is 25.2 Å². The van der Waals surface area contributed by atoms with Gasteiger partial charge < -0.3 is 4.74 Å². The van der Waals surface area contributed by atoms with Crippen LogP contribution in [0.15, 0.2) is 0 Å². The van der Waals surface area contributed by atoms with Gasteiger partial charge in [0.25, 0.3) is 0 Å². The van der Waals surface area contributed by atoms with Crippen LogP contribution in [0.1, 0.15) is 12.8 Å². The lowest BCUT2D eigenvalue weighted by Gasteiger charge is -2.35. The van der Waals surface area contributed by atoms with E-state index in [4.69, 9.17) is 0 Å². The van der Waals surface area contributed by atoms with Gasteiger partial charge in [0.05, 0.1) is 25.2 Å². The van der Waals surface area contributed by atoms with Crippen molar-refractivity contribution in [3.05, 3.63) is 0 Å². The summed E-state index contributed by atoms with van der Waals surface area (Å²) in [4.78, 5) is 11.6. The summed E-state index contributed by atoms with van der Waals surface area (Å²) < 4.78 is 63.9. The molecule has 0 aromatic heterocycles. The number of ether oxygens (including phenoxy) is 1. The number of carbonyl (C=O) groups excluding carboxylic acids is 1. The molecule has 106 valence electrons. The second-order valence-corrected chi connectivity index (χ2v) is 6.42. The van der Waals surface area contributed by atoms with E-state index in [0.717, 1.165) is 7.11 Å². The van der Waals surface area contributed by atoms with E-state index in [9.17, 15) is 26.4 Å². The van der Waals surface area contributed by atoms with Gasteiger partial charge in [-0.3, -0.25) is 10.1 Å². The van der Waals surface area contributed by atoms with Crippen LogP contribution in [0.2, 0.25) is 0 Å². The first kappa shape index (κ1) is 15.2. The second-order valence-electron chi connectivity index (χ2n) is 4.24. The normalized spacial score (nSPS) is 27.8. The van der Waals surface area contributed by atoms with Crippen LogP contribution in [-0.4, -0.2) is 51.3 Å². The average Bonchev–Trinajstić information content (AvgIpc) is 2.23. The van der Waals surface area contributed by atoms with Crippen LogP contribution in [0.3, 0.4) is 0 Å². The maximum absolute atomic E-state index is 12.2. The Morgan fingerprint density at radius 1 is 1.44 bits per heavy atom. The largest absolute Gasteiger partial charge is 0.468 e. The van der Waals surface area contributed by atoms with Gasteiger partial charge in [-0.05, 0) is 12.8 Å². The van der Waals surface area contributed by atoms with Crippen molar-refractivity contribution in [1.82, 2.24) is 5.32 Å². The number of carbonyl (C=O) groups is 1. The van der Waals surface area contributed by atoms with Gasteiger partial charge in [0, 0.05) is 0 Å². The molecule has 0 saturated carbocycles. The van der Waals surface area contributed by atoms with Crippen molar-refractivity contribution in [2.45, 2.75) is 24.6 Å². The molecule has 1 unspecified atom stereocenters. The molecule has 0 aliphatic carbocycles. The standard InChI is InChI=1S/C9H14F3NO4S/c1-17-7(14)8(13-5-9(10,11)12)3-2-4-18(15,16)6-8/h13H,2-6H2,1H3. The zero-order valence-corrected chi connectivity index (χ0v) is 10.5. The Kier molecular flexibility index (Phi) is 4.26. The van der Waals surface area contributed by atoms with E-state index >= 15 is 0 Å². The zero-order chi connectivity index (χ0) is 14.0. The smallest absolute Gasteiger partial charge is 0.401 e. The van der Waals surface area contributed by atoms with Crippen LogP contribution < -0.4 is 5.32 Å². The molecule has 1 N–H and O–H groups in total. The highest BCUT2D eigenvalue weighted by molar-refractivity contribution is 7.91. The Hall–Kier alpha value is -0.830. The molecular formula is C9H14F3NO4S. The number of methoxy groups -OCH3 is 1. The van der Waals surface area contributed by atoms with E-state index in [1.807, 2.05) is 5.32 Å². The van der Waals surface area contributed by atoms with Gasteiger partial charge in [-0.2, -0.15) is 13.2 Å². The summed E-state index contributed by atoms with van der Waals surface area (Å²) in [5.41, 5.74) is -1.79. The van der Waals surface area contributed by atoms with Gasteiger partial charge in [0.1, 0.15) is 5.54 Å². The molecule has 0 bridgehead atoms. The number of rotatable bonds is 3. The molecule has 1 aliphatic heterocycles. The predicted octanol–water partition coefficient (Wildman–Crippen LogP) is 0.259. The van der Waals surface area contributed by atoms with Crippen LogP contribution in [0.25, 0.3) is 0 Å². The first-order valence-corrected chi connectivity index (χ1v) is 7.03. The molecule has 0 radical (unpaired) electrons. The lowest BCUT2D eigenvalue weighted by Crippen LogP contribution is -2.61. The average molecular weight is 289 g/mol. The molecule has 18 heavy (non-hydrogen) atoms. The number of sulfone groups is 1. The molecule has 0 aromatic rings. The molecule has 9 heteroatoms. The van der Waals surface area contributed by atoms with Gasteiger partial charge in [-0.25, -0.2) is 8.42 Å². The zero-order valence-electron chi connectivity index (χ0n) is 9.71. The first-order valence-electron chi connectivity index (χ1n) is 5.21. The van der Waals surface area contributed by atoms with E-state index in [0.29, 0.717) is 0 Å². The minimum atomic E-state index is -4.53. The van der Waals surface area contributed by atoms with Crippen molar-refractivity contribution in [3.63, 3.8) is 0 Å². The summed E-state index contributed by atoms with van der Waals surface area (Å²) in [6.45, 7) is -1.43. The van der Waals surface area contributed by atoms with Gasteiger partial charge >= 0.3 is 12.1 Å². The van der Waals surface area contributed by atoms with E-state index < -0.39 is 39.8 Å². The van der Waals surface area contributed by atoms with Crippen LogP contribution in [-0.2, 0) is 19.4 Å². The minimum absolute atomic E-state index is 0.00891. The van der Waals surface area contributed by atoms with Crippen molar-refractivity contribution < 1.29 is 31.1 Å². The monoisotopic (exact) mass is 289 g/mol. The molecule has 1 saturated heterocycles. The molecule has 0 aromatic carbocycles. The van der Waals surface area contributed by atoms with Crippen molar-refractivity contribution >= 4 is 15.8 Å². The van der Waals surface area contributed by atoms with Gasteiger partial charge in [0.2, 0.25) is 0 Å². The van der Waals surface area contributed by atoms with Crippen molar-refractivity contribution in [1.29, 1.82) is 0 Å². The van der Waals surface area contributed by atoms with E-state index in [1.54, 1.807) is 0 Å². The first-order chi connectivity index (χ1) is 8.10. The number of nitrogens with one attached hydrogen (secondary N) is 1. The van der Waals surface area contributed by atoms with E-state index in [1.165, 1.54) is 0 Å². The lowest BCUT2D eigenvalue weighted by atomic mass is 9.95. The number of hydrogen-bond donors (Lipinski definition) is 1. The lowest BCUT2D eigenvalue weighted by molar-refractivity contribution is -0.153. The highest BCUT2D eigenvalue weighted by Crippen LogP contribution is 2.26. The Bertz CT molecular complexity index is 420. The summed E-state index contributed by atoms with van der Waals surface area (Å²) in [5.74, 6) is -1.77. The SMILES string of the molecule is COC(=O)C1(NCC(F)(F)F)CCCS(=O)(=O)C1. The van der Waals surface area contributed by atoms with E-state index in [-0.39, 0.29) is 18.6 Å². The fraction of sp³-hybridized carbons (Fsp3) is 0.889. The highest BCUT2D eigenvalue weighted by Gasteiger charge is 2.47. The fourth-order valence-corrected chi connectivity index (χ4v) is 3.79. The number of esters is 1. The molecule has 0 amide bonds. The van der Waals surface area contributed by atoms with Crippen LogP contribution in [0.5, 0.6) is 0 Å². The highest BCUT2D eigenvalue weighted by atomic mass is 32.2. The molecular weight excluding hydrogens is 275 g/mol. The Balaban J connectivity index is 2.93. The van der Waals surface area contributed by atoms with Crippen molar-refractivity contribution in [2.24, 2.45) is 0 Å². The van der Waals surface area contributed by atoms with Crippen LogP contribution in [0, 0.1) is 0 Å². The van der Waals surface area contributed by atoms with Crippen LogP contribution in [0.4, 0.5) is 13.2 Å². The van der Waals surface area contributed by atoms with E-state index in [2.05, 4.69) is 4.74 Å². The quantitative estimate of drug-likeness (QED) is 0.755. The third kappa shape index (κ3) is 3.84. The summed E-state index contributed by atoms with van der Waals surface area (Å²) >= 11 is 0. The summed E-state index contributed by atoms with van der Waals surface area (Å²) in [7, 11) is -2.53.